The predicted molar refractivity (Wildman–Crippen MR) is 110 cm³/mol. The van der Waals surface area contributed by atoms with Crippen molar-refractivity contribution < 1.29 is 19.1 Å². The molecule has 0 saturated carbocycles. The first kappa shape index (κ1) is 18.4. The standard InChI is InChI=1S/C22H16BrNO4/c1-2-10-28-22(27)13-6-8-16(9-7-13)24-20(25)17-5-3-4-14-11-15(23)12-18(19(14)17)21(24)26/h3-9,11-12H,2,10H2,1H3. The van der Waals surface area contributed by atoms with Crippen LogP contribution in [0.5, 0.6) is 0 Å². The van der Waals surface area contributed by atoms with Gasteiger partial charge in [-0.1, -0.05) is 35.0 Å². The fraction of sp³-hybridized carbons (Fsp3) is 0.136. The van der Waals surface area contributed by atoms with Crippen LogP contribution in [0.4, 0.5) is 5.69 Å². The van der Waals surface area contributed by atoms with Gasteiger partial charge in [-0.2, -0.15) is 0 Å². The lowest BCUT2D eigenvalue weighted by Gasteiger charge is -2.27. The number of amides is 2. The van der Waals surface area contributed by atoms with Gasteiger partial charge in [-0.05, 0) is 54.3 Å². The predicted octanol–water partition coefficient (Wildman–Crippen LogP) is 4.97. The number of halogens is 1. The van der Waals surface area contributed by atoms with Gasteiger partial charge in [-0.25, -0.2) is 9.69 Å². The number of esters is 1. The lowest BCUT2D eigenvalue weighted by molar-refractivity contribution is 0.0505. The summed E-state index contributed by atoms with van der Waals surface area (Å²) in [5, 5.41) is 1.49. The molecule has 2 amide bonds. The number of rotatable bonds is 4. The Morgan fingerprint density at radius 2 is 1.71 bits per heavy atom. The normalized spacial score (nSPS) is 13.1. The second-order valence-electron chi connectivity index (χ2n) is 6.49. The minimum Gasteiger partial charge on any atom is -0.462 e. The Bertz CT molecular complexity index is 1120. The molecule has 3 aromatic carbocycles. The number of benzene rings is 3. The van der Waals surface area contributed by atoms with E-state index in [4.69, 9.17) is 4.74 Å². The molecule has 4 rings (SSSR count). The maximum atomic E-state index is 13.1. The fourth-order valence-corrected chi connectivity index (χ4v) is 3.81. The molecule has 0 aromatic heterocycles. The van der Waals surface area contributed by atoms with Crippen molar-refractivity contribution in [2.75, 3.05) is 11.5 Å². The number of carbonyl (C=O) groups excluding carboxylic acids is 3. The van der Waals surface area contributed by atoms with Crippen LogP contribution in [-0.2, 0) is 4.74 Å². The number of nitrogens with zero attached hydrogens (tertiary/aromatic N) is 1. The van der Waals surface area contributed by atoms with Gasteiger partial charge >= 0.3 is 5.97 Å². The summed E-state index contributed by atoms with van der Waals surface area (Å²) < 4.78 is 5.88. The highest BCUT2D eigenvalue weighted by molar-refractivity contribution is 9.10. The molecule has 0 N–H and O–H groups in total. The fourth-order valence-electron chi connectivity index (χ4n) is 3.33. The molecule has 1 heterocycles. The zero-order valence-corrected chi connectivity index (χ0v) is 16.7. The van der Waals surface area contributed by atoms with Gasteiger partial charge in [0.1, 0.15) is 0 Å². The number of anilines is 1. The highest BCUT2D eigenvalue weighted by Crippen LogP contribution is 2.34. The summed E-state index contributed by atoms with van der Waals surface area (Å²) in [6.07, 6.45) is 0.737. The molecule has 6 heteroatoms. The second kappa shape index (κ2) is 7.20. The average molecular weight is 438 g/mol. The second-order valence-corrected chi connectivity index (χ2v) is 7.40. The summed E-state index contributed by atoms with van der Waals surface area (Å²) >= 11 is 3.43. The van der Waals surface area contributed by atoms with Crippen LogP contribution in [0.2, 0.25) is 0 Å². The highest BCUT2D eigenvalue weighted by atomic mass is 79.9. The number of hydrogen-bond donors (Lipinski definition) is 0. The topological polar surface area (TPSA) is 63.7 Å². The summed E-state index contributed by atoms with van der Waals surface area (Å²) in [5.74, 6) is -1.20. The van der Waals surface area contributed by atoms with Crippen molar-refractivity contribution in [1.29, 1.82) is 0 Å². The largest absolute Gasteiger partial charge is 0.462 e. The van der Waals surface area contributed by atoms with Gasteiger partial charge in [0.2, 0.25) is 0 Å². The van der Waals surface area contributed by atoms with E-state index in [9.17, 15) is 14.4 Å². The number of imide groups is 1. The van der Waals surface area contributed by atoms with Crippen LogP contribution >= 0.6 is 15.9 Å². The van der Waals surface area contributed by atoms with E-state index >= 15 is 0 Å². The van der Waals surface area contributed by atoms with Gasteiger partial charge in [-0.3, -0.25) is 9.59 Å². The van der Waals surface area contributed by atoms with E-state index < -0.39 is 11.9 Å². The average Bonchev–Trinajstić information content (AvgIpc) is 2.70. The van der Waals surface area contributed by atoms with Gasteiger partial charge in [0, 0.05) is 15.4 Å². The molecule has 0 unspecified atom stereocenters. The number of carbonyl (C=O) groups is 3. The lowest BCUT2D eigenvalue weighted by Crippen LogP contribution is -2.40. The monoisotopic (exact) mass is 437 g/mol. The molecule has 140 valence electrons. The summed E-state index contributed by atoms with van der Waals surface area (Å²) in [6, 6.07) is 15.3. The van der Waals surface area contributed by atoms with Crippen molar-refractivity contribution in [3.05, 3.63) is 75.8 Å². The zero-order valence-electron chi connectivity index (χ0n) is 15.1. The zero-order chi connectivity index (χ0) is 19.8. The van der Waals surface area contributed by atoms with E-state index in [1.54, 1.807) is 42.5 Å². The molecule has 0 spiro atoms. The third kappa shape index (κ3) is 2.99. The molecule has 1 aliphatic rings. The van der Waals surface area contributed by atoms with Gasteiger partial charge in [0.15, 0.2) is 0 Å². The molecule has 28 heavy (non-hydrogen) atoms. The van der Waals surface area contributed by atoms with Crippen molar-refractivity contribution >= 4 is 50.2 Å². The van der Waals surface area contributed by atoms with E-state index in [1.165, 1.54) is 0 Å². The van der Waals surface area contributed by atoms with Crippen LogP contribution in [0.1, 0.15) is 44.4 Å². The molecule has 0 aliphatic carbocycles. The van der Waals surface area contributed by atoms with E-state index in [0.717, 1.165) is 21.2 Å². The molecule has 0 fully saturated rings. The van der Waals surface area contributed by atoms with Crippen molar-refractivity contribution in [2.45, 2.75) is 13.3 Å². The Kier molecular flexibility index (Phi) is 4.73. The van der Waals surface area contributed by atoms with E-state index in [2.05, 4.69) is 15.9 Å². The van der Waals surface area contributed by atoms with E-state index in [0.29, 0.717) is 34.4 Å². The van der Waals surface area contributed by atoms with Crippen LogP contribution < -0.4 is 4.90 Å². The van der Waals surface area contributed by atoms with Gasteiger partial charge < -0.3 is 4.74 Å². The first-order chi connectivity index (χ1) is 13.5. The summed E-state index contributed by atoms with van der Waals surface area (Å²) in [5.41, 5.74) is 1.72. The highest BCUT2D eigenvalue weighted by Gasteiger charge is 2.34. The number of hydrogen-bond acceptors (Lipinski definition) is 4. The molecule has 0 saturated heterocycles. The summed E-state index contributed by atoms with van der Waals surface area (Å²) in [6.45, 7) is 2.26. The molecular formula is C22H16BrNO4. The van der Waals surface area contributed by atoms with Crippen molar-refractivity contribution in [3.8, 4) is 0 Å². The van der Waals surface area contributed by atoms with Crippen LogP contribution in [0, 0.1) is 0 Å². The lowest BCUT2D eigenvalue weighted by atomic mass is 9.93. The van der Waals surface area contributed by atoms with Gasteiger partial charge in [0.25, 0.3) is 11.8 Å². The Balaban J connectivity index is 1.75. The van der Waals surface area contributed by atoms with Crippen LogP contribution in [-0.4, -0.2) is 24.4 Å². The van der Waals surface area contributed by atoms with Gasteiger partial charge in [0.05, 0.1) is 23.4 Å². The molecule has 0 radical (unpaired) electrons. The number of ether oxygens (including phenoxy) is 1. The molecule has 0 atom stereocenters. The van der Waals surface area contributed by atoms with Crippen LogP contribution in [0.25, 0.3) is 10.8 Å². The van der Waals surface area contributed by atoms with Crippen molar-refractivity contribution in [2.24, 2.45) is 0 Å². The maximum Gasteiger partial charge on any atom is 0.338 e. The quantitative estimate of drug-likeness (QED) is 0.426. The maximum absolute atomic E-state index is 13.1. The summed E-state index contributed by atoms with van der Waals surface area (Å²) in [4.78, 5) is 39.3. The third-order valence-corrected chi connectivity index (χ3v) is 5.06. The van der Waals surface area contributed by atoms with Crippen molar-refractivity contribution in [1.82, 2.24) is 0 Å². The minimum absolute atomic E-state index is 0.347. The molecule has 3 aromatic rings. The Labute approximate surface area is 170 Å². The first-order valence-corrected chi connectivity index (χ1v) is 9.69. The van der Waals surface area contributed by atoms with E-state index in [1.807, 2.05) is 19.1 Å². The molecule has 5 nitrogen and oxygen atoms in total. The Hall–Kier alpha value is -2.99. The Morgan fingerprint density at radius 3 is 2.43 bits per heavy atom. The van der Waals surface area contributed by atoms with E-state index in [-0.39, 0.29) is 5.91 Å². The smallest absolute Gasteiger partial charge is 0.338 e. The van der Waals surface area contributed by atoms with Crippen LogP contribution in [0.3, 0.4) is 0 Å². The summed E-state index contributed by atoms with van der Waals surface area (Å²) in [7, 11) is 0. The van der Waals surface area contributed by atoms with Crippen LogP contribution in [0.15, 0.2) is 59.1 Å². The Morgan fingerprint density at radius 1 is 1.00 bits per heavy atom. The minimum atomic E-state index is -0.427. The SMILES string of the molecule is CCCOC(=O)c1ccc(N2C(=O)c3cccc4cc(Br)cc(c34)C2=O)cc1. The third-order valence-electron chi connectivity index (χ3n) is 4.61. The molecular weight excluding hydrogens is 422 g/mol. The first-order valence-electron chi connectivity index (χ1n) is 8.89. The van der Waals surface area contributed by atoms with Gasteiger partial charge in [-0.15, -0.1) is 0 Å². The molecule has 0 bridgehead atoms. The molecule has 1 aliphatic heterocycles. The van der Waals surface area contributed by atoms with Crippen molar-refractivity contribution in [3.63, 3.8) is 0 Å².